The van der Waals surface area contributed by atoms with Crippen molar-refractivity contribution in [2.24, 2.45) is 0 Å². The highest BCUT2D eigenvalue weighted by Crippen LogP contribution is 2.19. The molecule has 0 heterocycles. The quantitative estimate of drug-likeness (QED) is 0.689. The van der Waals surface area contributed by atoms with Gasteiger partial charge in [-0.05, 0) is 23.3 Å². The first kappa shape index (κ1) is 16.6. The molecule has 25 heavy (non-hydrogen) atoms. The van der Waals surface area contributed by atoms with Crippen molar-refractivity contribution in [3.05, 3.63) is 96.1 Å². The van der Waals surface area contributed by atoms with Crippen LogP contribution in [0.2, 0.25) is 0 Å². The Kier molecular flexibility index (Phi) is 5.67. The number of anilines is 1. The normalized spacial score (nSPS) is 10.1. The number of ether oxygens (including phenoxy) is 2. The summed E-state index contributed by atoms with van der Waals surface area (Å²) in [7, 11) is 0. The zero-order chi connectivity index (χ0) is 17.3. The first-order valence-electron chi connectivity index (χ1n) is 8.04. The second-order valence-electron chi connectivity index (χ2n) is 5.49. The van der Waals surface area contributed by atoms with Gasteiger partial charge in [-0.25, -0.2) is 4.79 Å². The van der Waals surface area contributed by atoms with Gasteiger partial charge in [0.15, 0.2) is 0 Å². The lowest BCUT2D eigenvalue weighted by Crippen LogP contribution is -2.13. The third kappa shape index (κ3) is 5.39. The lowest BCUT2D eigenvalue weighted by atomic mass is 10.2. The molecule has 4 nitrogen and oxygen atoms in total. The highest BCUT2D eigenvalue weighted by atomic mass is 16.5. The molecule has 0 spiro atoms. The Morgan fingerprint density at radius 2 is 1.40 bits per heavy atom. The maximum atomic E-state index is 11.9. The number of hydrogen-bond donors (Lipinski definition) is 1. The van der Waals surface area contributed by atoms with Crippen LogP contribution in [0.4, 0.5) is 10.5 Å². The second kappa shape index (κ2) is 8.55. The molecular weight excluding hydrogens is 314 g/mol. The molecule has 4 heteroatoms. The van der Waals surface area contributed by atoms with Crippen LogP contribution in [-0.4, -0.2) is 6.09 Å². The van der Waals surface area contributed by atoms with Crippen molar-refractivity contribution >= 4 is 11.8 Å². The van der Waals surface area contributed by atoms with Crippen LogP contribution in [0, 0.1) is 0 Å². The van der Waals surface area contributed by atoms with Crippen LogP contribution in [0.25, 0.3) is 0 Å². The van der Waals surface area contributed by atoms with Gasteiger partial charge < -0.3 is 9.47 Å². The summed E-state index contributed by atoms with van der Waals surface area (Å²) in [5.74, 6) is 0.685. The zero-order valence-electron chi connectivity index (χ0n) is 13.7. The molecule has 1 amide bonds. The third-order valence-electron chi connectivity index (χ3n) is 3.54. The summed E-state index contributed by atoms with van der Waals surface area (Å²) in [5, 5.41) is 2.71. The number of carbonyl (C=O) groups is 1. The Balaban J connectivity index is 1.51. The van der Waals surface area contributed by atoms with Crippen LogP contribution in [0.15, 0.2) is 84.9 Å². The second-order valence-corrected chi connectivity index (χ2v) is 5.49. The molecule has 3 aromatic carbocycles. The number of carbonyl (C=O) groups excluding carboxylic acids is 1. The number of amides is 1. The molecule has 0 aliphatic rings. The van der Waals surface area contributed by atoms with E-state index in [1.165, 1.54) is 0 Å². The van der Waals surface area contributed by atoms with Crippen molar-refractivity contribution in [1.29, 1.82) is 0 Å². The van der Waals surface area contributed by atoms with E-state index in [4.69, 9.17) is 9.47 Å². The first-order valence-corrected chi connectivity index (χ1v) is 8.04. The predicted molar refractivity (Wildman–Crippen MR) is 97.5 cm³/mol. The van der Waals surface area contributed by atoms with Gasteiger partial charge in [0.25, 0.3) is 0 Å². The van der Waals surface area contributed by atoms with Gasteiger partial charge in [-0.2, -0.15) is 0 Å². The summed E-state index contributed by atoms with van der Waals surface area (Å²) in [6.45, 7) is 0.708. The van der Waals surface area contributed by atoms with E-state index in [9.17, 15) is 4.79 Å². The summed E-state index contributed by atoms with van der Waals surface area (Å²) in [4.78, 5) is 11.9. The minimum absolute atomic E-state index is 0.233. The summed E-state index contributed by atoms with van der Waals surface area (Å²) in [5.41, 5.74) is 2.66. The van der Waals surface area contributed by atoms with Crippen LogP contribution in [0.5, 0.6) is 5.75 Å². The molecule has 0 saturated heterocycles. The Hall–Kier alpha value is -3.27. The largest absolute Gasteiger partial charge is 0.489 e. The molecule has 0 atom stereocenters. The van der Waals surface area contributed by atoms with Crippen molar-refractivity contribution in [2.75, 3.05) is 5.32 Å². The van der Waals surface area contributed by atoms with Crippen LogP contribution in [0.1, 0.15) is 11.1 Å². The fourth-order valence-corrected chi connectivity index (χ4v) is 2.28. The van der Waals surface area contributed by atoms with E-state index in [1.54, 1.807) is 12.1 Å². The van der Waals surface area contributed by atoms with Gasteiger partial charge in [-0.3, -0.25) is 5.32 Å². The molecule has 1 N–H and O–H groups in total. The van der Waals surface area contributed by atoms with Crippen LogP contribution < -0.4 is 10.1 Å². The summed E-state index contributed by atoms with van der Waals surface area (Å²) >= 11 is 0. The van der Waals surface area contributed by atoms with Gasteiger partial charge in [0.2, 0.25) is 0 Å². The Bertz CT molecular complexity index is 804. The minimum atomic E-state index is -0.496. The summed E-state index contributed by atoms with van der Waals surface area (Å²) < 4.78 is 11.0. The molecule has 0 aliphatic heterocycles. The standard InChI is InChI=1S/C21H19NO3/c23-21(25-16-18-10-5-2-6-11-18)22-19-12-7-13-20(14-19)24-15-17-8-3-1-4-9-17/h1-14H,15-16H2,(H,22,23). The lowest BCUT2D eigenvalue weighted by Gasteiger charge is -2.10. The summed E-state index contributed by atoms with van der Waals surface area (Å²) in [6.07, 6.45) is -0.496. The van der Waals surface area contributed by atoms with Crippen molar-refractivity contribution in [3.8, 4) is 5.75 Å². The van der Waals surface area contributed by atoms with E-state index in [2.05, 4.69) is 5.32 Å². The summed E-state index contributed by atoms with van der Waals surface area (Å²) in [6, 6.07) is 26.7. The topological polar surface area (TPSA) is 47.6 Å². The van der Waals surface area contributed by atoms with Crippen LogP contribution >= 0.6 is 0 Å². The molecule has 0 unspecified atom stereocenters. The molecule has 3 aromatic rings. The first-order chi connectivity index (χ1) is 12.3. The van der Waals surface area contributed by atoms with E-state index >= 15 is 0 Å². The van der Waals surface area contributed by atoms with E-state index in [-0.39, 0.29) is 6.61 Å². The molecule has 126 valence electrons. The highest BCUT2D eigenvalue weighted by molar-refractivity contribution is 5.84. The number of benzene rings is 3. The maximum absolute atomic E-state index is 11.9. The van der Waals surface area contributed by atoms with E-state index in [0.717, 1.165) is 11.1 Å². The zero-order valence-corrected chi connectivity index (χ0v) is 13.7. The molecule has 0 bridgehead atoms. The third-order valence-corrected chi connectivity index (χ3v) is 3.54. The lowest BCUT2D eigenvalue weighted by molar-refractivity contribution is 0.155. The molecular formula is C21H19NO3. The van der Waals surface area contributed by atoms with E-state index in [0.29, 0.717) is 18.0 Å². The average molecular weight is 333 g/mol. The van der Waals surface area contributed by atoms with Crippen molar-refractivity contribution in [3.63, 3.8) is 0 Å². The molecule has 0 saturated carbocycles. The van der Waals surface area contributed by atoms with Gasteiger partial charge >= 0.3 is 6.09 Å². The number of hydrogen-bond acceptors (Lipinski definition) is 3. The number of nitrogens with one attached hydrogen (secondary N) is 1. The van der Waals surface area contributed by atoms with Gasteiger partial charge in [-0.15, -0.1) is 0 Å². The van der Waals surface area contributed by atoms with Gasteiger partial charge in [0.1, 0.15) is 19.0 Å². The number of rotatable bonds is 6. The smallest absolute Gasteiger partial charge is 0.411 e. The molecule has 0 fully saturated rings. The highest BCUT2D eigenvalue weighted by Gasteiger charge is 2.05. The monoisotopic (exact) mass is 333 g/mol. The van der Waals surface area contributed by atoms with Gasteiger partial charge in [0, 0.05) is 11.8 Å². The predicted octanol–water partition coefficient (Wildman–Crippen LogP) is 5.01. The van der Waals surface area contributed by atoms with Gasteiger partial charge in [0.05, 0.1) is 0 Å². The fourth-order valence-electron chi connectivity index (χ4n) is 2.28. The van der Waals surface area contributed by atoms with Crippen molar-refractivity contribution in [1.82, 2.24) is 0 Å². The molecule has 0 aliphatic carbocycles. The molecule has 3 rings (SSSR count). The van der Waals surface area contributed by atoms with Crippen molar-refractivity contribution in [2.45, 2.75) is 13.2 Å². The Morgan fingerprint density at radius 3 is 2.08 bits per heavy atom. The van der Waals surface area contributed by atoms with Crippen LogP contribution in [-0.2, 0) is 18.0 Å². The maximum Gasteiger partial charge on any atom is 0.411 e. The molecule has 0 radical (unpaired) electrons. The van der Waals surface area contributed by atoms with E-state index in [1.807, 2.05) is 72.8 Å². The fraction of sp³-hybridized carbons (Fsp3) is 0.0952. The minimum Gasteiger partial charge on any atom is -0.489 e. The SMILES string of the molecule is O=C(Nc1cccc(OCc2ccccc2)c1)OCc1ccccc1. The van der Waals surface area contributed by atoms with E-state index < -0.39 is 6.09 Å². The van der Waals surface area contributed by atoms with Gasteiger partial charge in [-0.1, -0.05) is 66.7 Å². The molecule has 0 aromatic heterocycles. The van der Waals surface area contributed by atoms with Crippen molar-refractivity contribution < 1.29 is 14.3 Å². The average Bonchev–Trinajstić information content (AvgIpc) is 2.67. The Labute approximate surface area is 147 Å². The Morgan fingerprint density at radius 1 is 0.760 bits per heavy atom. The van der Waals surface area contributed by atoms with Crippen LogP contribution in [0.3, 0.4) is 0 Å².